The molecule has 0 aliphatic carbocycles. The van der Waals surface area contributed by atoms with Crippen molar-refractivity contribution in [2.45, 2.75) is 0 Å². The van der Waals surface area contributed by atoms with Crippen molar-refractivity contribution in [3.63, 3.8) is 0 Å². The highest BCUT2D eigenvalue weighted by Crippen LogP contribution is 2.25. The first-order chi connectivity index (χ1) is 13.9. The second kappa shape index (κ2) is 9.69. The van der Waals surface area contributed by atoms with E-state index >= 15 is 0 Å². The normalized spacial score (nSPS) is 10.3. The van der Waals surface area contributed by atoms with Gasteiger partial charge in [0.05, 0.1) is 21.2 Å². The molecule has 2 N–H and O–H groups in total. The van der Waals surface area contributed by atoms with Crippen molar-refractivity contribution in [1.82, 2.24) is 0 Å². The summed E-state index contributed by atoms with van der Waals surface area (Å²) < 4.78 is 5.82. The molecule has 2 amide bonds. The number of hydrogen-bond acceptors (Lipinski definition) is 5. The molecule has 0 spiro atoms. The number of benzene rings is 2. The highest BCUT2D eigenvalue weighted by Gasteiger charge is 2.13. The van der Waals surface area contributed by atoms with Gasteiger partial charge in [-0.1, -0.05) is 39.7 Å². The van der Waals surface area contributed by atoms with E-state index in [-0.39, 0.29) is 11.5 Å². The standard InChI is InChI=1S/C20H14BrClN2O4S/c21-13-6-7-16(15(22)10-13)24-18(25)11-28-20(27)12-3-1-4-14(9-12)23-19(26)17-5-2-8-29-17/h1-10H,11H2,(H,23,26)(H,24,25). The van der Waals surface area contributed by atoms with Crippen LogP contribution in [0.5, 0.6) is 0 Å². The number of nitrogens with one attached hydrogen (secondary N) is 2. The zero-order valence-electron chi connectivity index (χ0n) is 14.8. The minimum absolute atomic E-state index is 0.212. The van der Waals surface area contributed by atoms with Gasteiger partial charge in [-0.25, -0.2) is 4.79 Å². The first-order valence-corrected chi connectivity index (χ1v) is 10.3. The van der Waals surface area contributed by atoms with E-state index in [4.69, 9.17) is 16.3 Å². The van der Waals surface area contributed by atoms with E-state index in [1.807, 2.05) is 0 Å². The average molecular weight is 494 g/mol. The fourth-order valence-corrected chi connectivity index (χ4v) is 3.66. The molecule has 9 heteroatoms. The maximum Gasteiger partial charge on any atom is 0.338 e. The molecule has 0 bridgehead atoms. The molecule has 0 fully saturated rings. The first-order valence-electron chi connectivity index (χ1n) is 8.29. The molecule has 0 saturated heterocycles. The number of hydrogen-bond donors (Lipinski definition) is 2. The molecule has 29 heavy (non-hydrogen) atoms. The SMILES string of the molecule is O=C(COC(=O)c1cccc(NC(=O)c2cccs2)c1)Nc1ccc(Br)cc1Cl. The van der Waals surface area contributed by atoms with E-state index in [0.29, 0.717) is 21.3 Å². The molecule has 0 atom stereocenters. The number of anilines is 2. The number of thiophene rings is 1. The summed E-state index contributed by atoms with van der Waals surface area (Å²) in [7, 11) is 0. The van der Waals surface area contributed by atoms with Gasteiger partial charge in [0.2, 0.25) is 0 Å². The quantitative estimate of drug-likeness (QED) is 0.462. The number of rotatable bonds is 6. The zero-order chi connectivity index (χ0) is 20.8. The van der Waals surface area contributed by atoms with Gasteiger partial charge in [-0.15, -0.1) is 11.3 Å². The molecule has 0 aliphatic heterocycles. The van der Waals surface area contributed by atoms with Gasteiger partial charge in [0, 0.05) is 10.2 Å². The Bertz CT molecular complexity index is 1060. The Balaban J connectivity index is 1.56. The van der Waals surface area contributed by atoms with Crippen LogP contribution in [0.1, 0.15) is 20.0 Å². The summed E-state index contributed by atoms with van der Waals surface area (Å²) in [6.45, 7) is -0.475. The lowest BCUT2D eigenvalue weighted by Gasteiger charge is -2.09. The number of ether oxygens (including phenoxy) is 1. The molecule has 3 rings (SSSR count). The van der Waals surface area contributed by atoms with Gasteiger partial charge in [0.15, 0.2) is 6.61 Å². The number of carbonyl (C=O) groups excluding carboxylic acids is 3. The third-order valence-electron chi connectivity index (χ3n) is 3.64. The van der Waals surface area contributed by atoms with Gasteiger partial charge < -0.3 is 15.4 Å². The van der Waals surface area contributed by atoms with E-state index in [1.165, 1.54) is 23.5 Å². The van der Waals surface area contributed by atoms with Crippen LogP contribution in [0.2, 0.25) is 5.02 Å². The van der Waals surface area contributed by atoms with Gasteiger partial charge in [-0.2, -0.15) is 0 Å². The molecule has 0 unspecified atom stereocenters. The maximum atomic E-state index is 12.2. The third-order valence-corrected chi connectivity index (χ3v) is 5.32. The number of carbonyl (C=O) groups is 3. The predicted octanol–water partition coefficient (Wildman–Crippen LogP) is 5.21. The van der Waals surface area contributed by atoms with Crippen LogP contribution in [-0.4, -0.2) is 24.4 Å². The van der Waals surface area contributed by atoms with Crippen molar-refractivity contribution in [1.29, 1.82) is 0 Å². The van der Waals surface area contributed by atoms with E-state index in [0.717, 1.165) is 4.47 Å². The lowest BCUT2D eigenvalue weighted by Crippen LogP contribution is -2.21. The van der Waals surface area contributed by atoms with Crippen LogP contribution in [0.15, 0.2) is 64.5 Å². The molecule has 148 valence electrons. The summed E-state index contributed by atoms with van der Waals surface area (Å²) in [5.74, 6) is -1.48. The van der Waals surface area contributed by atoms with E-state index < -0.39 is 18.5 Å². The fourth-order valence-electron chi connectivity index (χ4n) is 2.32. The average Bonchev–Trinajstić information content (AvgIpc) is 3.23. The Morgan fingerprint density at radius 1 is 1.03 bits per heavy atom. The van der Waals surface area contributed by atoms with Crippen LogP contribution in [0.4, 0.5) is 11.4 Å². The summed E-state index contributed by atoms with van der Waals surface area (Å²) in [6.07, 6.45) is 0. The van der Waals surface area contributed by atoms with Gasteiger partial charge in [-0.3, -0.25) is 9.59 Å². The zero-order valence-corrected chi connectivity index (χ0v) is 17.9. The predicted molar refractivity (Wildman–Crippen MR) is 117 cm³/mol. The molecule has 3 aromatic rings. The van der Waals surface area contributed by atoms with E-state index in [2.05, 4.69) is 26.6 Å². The summed E-state index contributed by atoms with van der Waals surface area (Å²) in [6, 6.07) is 14.8. The summed E-state index contributed by atoms with van der Waals surface area (Å²) >= 11 is 10.6. The minimum Gasteiger partial charge on any atom is -0.452 e. The van der Waals surface area contributed by atoms with Crippen molar-refractivity contribution >= 4 is 68.0 Å². The van der Waals surface area contributed by atoms with Gasteiger partial charge in [-0.05, 0) is 47.8 Å². The van der Waals surface area contributed by atoms with Crippen LogP contribution in [0.3, 0.4) is 0 Å². The topological polar surface area (TPSA) is 84.5 Å². The minimum atomic E-state index is -0.686. The van der Waals surface area contributed by atoms with Crippen LogP contribution < -0.4 is 10.6 Å². The Hall–Kier alpha value is -2.68. The Labute approximate surface area is 184 Å². The monoisotopic (exact) mass is 492 g/mol. The Morgan fingerprint density at radius 2 is 1.86 bits per heavy atom. The van der Waals surface area contributed by atoms with Gasteiger partial charge >= 0.3 is 5.97 Å². The largest absolute Gasteiger partial charge is 0.452 e. The number of esters is 1. The highest BCUT2D eigenvalue weighted by atomic mass is 79.9. The molecule has 1 heterocycles. The van der Waals surface area contributed by atoms with Crippen molar-refractivity contribution in [3.8, 4) is 0 Å². The maximum absolute atomic E-state index is 12.2. The van der Waals surface area contributed by atoms with Gasteiger partial charge in [0.1, 0.15) is 0 Å². The summed E-state index contributed by atoms with van der Waals surface area (Å²) in [4.78, 5) is 36.9. The fraction of sp³-hybridized carbons (Fsp3) is 0.0500. The Kier molecular flexibility index (Phi) is 7.03. The van der Waals surface area contributed by atoms with Crippen molar-refractivity contribution < 1.29 is 19.1 Å². The summed E-state index contributed by atoms with van der Waals surface area (Å²) in [5.41, 5.74) is 1.07. The van der Waals surface area contributed by atoms with Crippen LogP contribution in [-0.2, 0) is 9.53 Å². The van der Waals surface area contributed by atoms with Crippen molar-refractivity contribution in [3.05, 3.63) is 79.9 Å². The molecular formula is C20H14BrClN2O4S. The van der Waals surface area contributed by atoms with Crippen molar-refractivity contribution in [2.24, 2.45) is 0 Å². The van der Waals surface area contributed by atoms with Crippen molar-refractivity contribution in [2.75, 3.05) is 17.2 Å². The molecule has 6 nitrogen and oxygen atoms in total. The summed E-state index contributed by atoms with van der Waals surface area (Å²) in [5, 5.41) is 7.44. The first kappa shape index (κ1) is 21.0. The number of amides is 2. The second-order valence-electron chi connectivity index (χ2n) is 5.76. The third kappa shape index (κ3) is 5.90. The van der Waals surface area contributed by atoms with Crippen LogP contribution >= 0.6 is 38.9 Å². The van der Waals surface area contributed by atoms with E-state index in [1.54, 1.807) is 47.8 Å². The molecule has 2 aromatic carbocycles. The second-order valence-corrected chi connectivity index (χ2v) is 8.03. The molecule has 0 radical (unpaired) electrons. The highest BCUT2D eigenvalue weighted by molar-refractivity contribution is 9.10. The number of halogens is 2. The molecule has 0 saturated carbocycles. The molecule has 1 aromatic heterocycles. The Morgan fingerprint density at radius 3 is 2.59 bits per heavy atom. The molecule has 0 aliphatic rings. The smallest absolute Gasteiger partial charge is 0.338 e. The molecular weight excluding hydrogens is 480 g/mol. The van der Waals surface area contributed by atoms with Crippen LogP contribution in [0, 0.1) is 0 Å². The van der Waals surface area contributed by atoms with Gasteiger partial charge in [0.25, 0.3) is 11.8 Å². The van der Waals surface area contributed by atoms with E-state index in [9.17, 15) is 14.4 Å². The lowest BCUT2D eigenvalue weighted by atomic mass is 10.2. The lowest BCUT2D eigenvalue weighted by molar-refractivity contribution is -0.119. The van der Waals surface area contributed by atoms with Crippen LogP contribution in [0.25, 0.3) is 0 Å².